The molecule has 0 spiro atoms. The van der Waals surface area contributed by atoms with E-state index in [9.17, 15) is 0 Å². The lowest BCUT2D eigenvalue weighted by molar-refractivity contribution is 1.63. The Morgan fingerprint density at radius 3 is 0.583 bits per heavy atom. The van der Waals surface area contributed by atoms with Crippen molar-refractivity contribution in [2.45, 2.75) is 5.79 Å². The molecule has 0 heterocycles. The summed E-state index contributed by atoms with van der Waals surface area (Å²) in [5, 5.41) is 0. The summed E-state index contributed by atoms with van der Waals surface area (Å²) in [5.74, 6) is 1.92. The summed E-state index contributed by atoms with van der Waals surface area (Å²) < 4.78 is 0. The van der Waals surface area contributed by atoms with E-state index in [4.69, 9.17) is 0 Å². The van der Waals surface area contributed by atoms with E-state index in [1.807, 2.05) is 70.0 Å². The second kappa shape index (κ2) is 11.5. The normalized spacial score (nSPS) is 20.4. The summed E-state index contributed by atoms with van der Waals surface area (Å²) in [7, 11) is 0. The number of rotatable bonds is 0. The molecule has 1 heteroatoms. The molecular formula is C11H13Al. The molecule has 0 saturated heterocycles. The van der Waals surface area contributed by atoms with Crippen molar-refractivity contribution in [1.82, 2.24) is 0 Å². The van der Waals surface area contributed by atoms with Gasteiger partial charge in [0.15, 0.2) is 0 Å². The molecular weight excluding hydrogens is 159 g/mol. The van der Waals surface area contributed by atoms with Crippen molar-refractivity contribution in [3.05, 3.63) is 64.2 Å². The highest BCUT2D eigenvalue weighted by atomic mass is 27.0. The van der Waals surface area contributed by atoms with Crippen LogP contribution in [-0.4, -0.2) is 16.3 Å². The maximum Gasteiger partial charge on any atom is 0.112 e. The zero-order valence-electron chi connectivity index (χ0n) is 7.35. The Labute approximate surface area is 86.6 Å². The van der Waals surface area contributed by atoms with Crippen LogP contribution >= 0.6 is 0 Å². The Morgan fingerprint density at radius 2 is 0.500 bits per heavy atom. The molecule has 2 rings (SSSR count). The van der Waals surface area contributed by atoms with Gasteiger partial charge in [-0.3, -0.25) is 0 Å². The van der Waals surface area contributed by atoms with Gasteiger partial charge in [0.25, 0.3) is 0 Å². The molecule has 0 amide bonds. The van der Waals surface area contributed by atoms with Crippen molar-refractivity contribution in [2.24, 2.45) is 0 Å². The van der Waals surface area contributed by atoms with E-state index < -0.39 is 0 Å². The van der Waals surface area contributed by atoms with Gasteiger partial charge in [0.2, 0.25) is 0 Å². The SMILES string of the molecule is [CH3][Al].[CH]1[CH][CH][CH][CH]1.[CH]1[CH][CH][CH][CH]1. The highest BCUT2D eigenvalue weighted by Gasteiger charge is 1.98. The van der Waals surface area contributed by atoms with Crippen LogP contribution in [0.3, 0.4) is 0 Å². The summed E-state index contributed by atoms with van der Waals surface area (Å²) in [6, 6.07) is 0. The van der Waals surface area contributed by atoms with Crippen molar-refractivity contribution >= 4 is 16.3 Å². The molecule has 2 fully saturated rings. The van der Waals surface area contributed by atoms with Crippen molar-refractivity contribution < 1.29 is 0 Å². The highest BCUT2D eigenvalue weighted by Crippen LogP contribution is 2.09. The first-order valence-electron chi connectivity index (χ1n) is 3.91. The van der Waals surface area contributed by atoms with Crippen LogP contribution in [0.5, 0.6) is 0 Å². The van der Waals surface area contributed by atoms with Gasteiger partial charge in [-0.25, -0.2) is 0 Å². The Morgan fingerprint density at radius 1 is 0.417 bits per heavy atom. The van der Waals surface area contributed by atoms with Crippen LogP contribution in [-0.2, 0) is 0 Å². The van der Waals surface area contributed by atoms with E-state index in [2.05, 4.69) is 16.3 Å². The summed E-state index contributed by atoms with van der Waals surface area (Å²) in [5.41, 5.74) is 0. The number of hydrogen-bond acceptors (Lipinski definition) is 0. The molecule has 0 aromatic heterocycles. The third-order valence-corrected chi connectivity index (χ3v) is 1.11. The molecule has 0 aromatic carbocycles. The van der Waals surface area contributed by atoms with Crippen molar-refractivity contribution in [3.63, 3.8) is 0 Å². The van der Waals surface area contributed by atoms with E-state index in [1.165, 1.54) is 0 Å². The van der Waals surface area contributed by atoms with E-state index in [1.54, 1.807) is 0 Å². The lowest BCUT2D eigenvalue weighted by atomic mass is 10.4. The molecule has 0 unspecified atom stereocenters. The number of hydrogen-bond donors (Lipinski definition) is 0. The van der Waals surface area contributed by atoms with Crippen LogP contribution < -0.4 is 0 Å². The van der Waals surface area contributed by atoms with Gasteiger partial charge in [-0.2, -0.15) is 0 Å². The maximum absolute atomic E-state index is 2.42. The Balaban J connectivity index is 0.000000168. The van der Waals surface area contributed by atoms with Gasteiger partial charge in [-0.15, -0.1) is 5.79 Å². The van der Waals surface area contributed by atoms with Gasteiger partial charge in [0.05, 0.1) is 0 Å². The summed E-state index contributed by atoms with van der Waals surface area (Å²) in [6.07, 6.45) is 20.0. The van der Waals surface area contributed by atoms with Gasteiger partial charge in [-0.05, 0) is 64.2 Å². The molecule has 12 radical (unpaired) electrons. The Kier molecular flexibility index (Phi) is 12.0. The topological polar surface area (TPSA) is 0 Å². The Hall–Kier alpha value is 0.532. The minimum Gasteiger partial charge on any atom is -0.128 e. The molecule has 0 aliphatic heterocycles. The van der Waals surface area contributed by atoms with Gasteiger partial charge in [-0.1, -0.05) is 0 Å². The fourth-order valence-corrected chi connectivity index (χ4v) is 0.642. The van der Waals surface area contributed by atoms with Crippen LogP contribution in [0.25, 0.3) is 0 Å². The second-order valence-electron chi connectivity index (χ2n) is 1.92. The molecule has 2 saturated carbocycles. The minimum absolute atomic E-state index is 1.92. The lowest BCUT2D eigenvalue weighted by Gasteiger charge is -1.65. The monoisotopic (exact) mass is 172 g/mol. The molecule has 2 aliphatic rings. The lowest BCUT2D eigenvalue weighted by Crippen LogP contribution is -1.54. The van der Waals surface area contributed by atoms with Crippen LogP contribution in [0.4, 0.5) is 0 Å². The van der Waals surface area contributed by atoms with Crippen LogP contribution in [0.1, 0.15) is 0 Å². The largest absolute Gasteiger partial charge is 0.128 e. The minimum atomic E-state index is 1.92. The molecule has 0 bridgehead atoms. The molecule has 0 atom stereocenters. The smallest absolute Gasteiger partial charge is 0.112 e. The van der Waals surface area contributed by atoms with Gasteiger partial charge in [0.1, 0.15) is 16.3 Å². The van der Waals surface area contributed by atoms with Crippen LogP contribution in [0.2, 0.25) is 5.79 Å². The van der Waals surface area contributed by atoms with Crippen molar-refractivity contribution in [3.8, 4) is 0 Å². The third-order valence-electron chi connectivity index (χ3n) is 1.11. The zero-order valence-corrected chi connectivity index (χ0v) is 8.51. The van der Waals surface area contributed by atoms with Crippen molar-refractivity contribution in [2.75, 3.05) is 0 Å². The maximum atomic E-state index is 2.42. The van der Waals surface area contributed by atoms with E-state index in [0.717, 1.165) is 0 Å². The standard InChI is InChI=1S/2C5H5.CH3.Al/c2*1-2-4-5-3-1;;/h2*1-5H;1H3;. The first-order chi connectivity index (χ1) is 6.00. The highest BCUT2D eigenvalue weighted by molar-refractivity contribution is 6.05. The molecule has 12 heavy (non-hydrogen) atoms. The van der Waals surface area contributed by atoms with E-state index in [-0.39, 0.29) is 0 Å². The zero-order chi connectivity index (χ0) is 9.07. The fourth-order valence-electron chi connectivity index (χ4n) is 0.642. The first kappa shape index (κ1) is 12.5. The molecule has 0 N–H and O–H groups in total. The van der Waals surface area contributed by atoms with Gasteiger partial charge < -0.3 is 0 Å². The first-order valence-corrected chi connectivity index (χ1v) is 5.07. The second-order valence-corrected chi connectivity index (χ2v) is 1.92. The fraction of sp³-hybridized carbons (Fsp3) is 0.0909. The van der Waals surface area contributed by atoms with Crippen molar-refractivity contribution in [1.29, 1.82) is 0 Å². The predicted octanol–water partition coefficient (Wildman–Crippen LogP) is 2.25. The molecule has 0 aromatic rings. The molecule has 0 nitrogen and oxygen atoms in total. The third kappa shape index (κ3) is 8.63. The van der Waals surface area contributed by atoms with Gasteiger partial charge in [0, 0.05) is 0 Å². The molecule has 2 aliphatic carbocycles. The summed E-state index contributed by atoms with van der Waals surface area (Å²) >= 11 is 2.42. The summed E-state index contributed by atoms with van der Waals surface area (Å²) in [6.45, 7) is 0. The predicted molar refractivity (Wildman–Crippen MR) is 54.6 cm³/mol. The summed E-state index contributed by atoms with van der Waals surface area (Å²) in [4.78, 5) is 0. The molecule has 60 valence electrons. The van der Waals surface area contributed by atoms with Crippen LogP contribution in [0, 0.1) is 64.2 Å². The van der Waals surface area contributed by atoms with Crippen LogP contribution in [0.15, 0.2) is 0 Å². The quantitative estimate of drug-likeness (QED) is 0.491. The Bertz CT molecular complexity index is 38.2. The van der Waals surface area contributed by atoms with E-state index >= 15 is 0 Å². The average molecular weight is 172 g/mol. The average Bonchev–Trinajstić information content (AvgIpc) is 2.87. The van der Waals surface area contributed by atoms with Gasteiger partial charge >= 0.3 is 0 Å². The van der Waals surface area contributed by atoms with E-state index in [0.29, 0.717) is 0 Å².